The fourth-order valence-corrected chi connectivity index (χ4v) is 2.79. The van der Waals surface area contributed by atoms with Gasteiger partial charge in [0.1, 0.15) is 5.75 Å². The van der Waals surface area contributed by atoms with Gasteiger partial charge in [-0.25, -0.2) is 0 Å². The summed E-state index contributed by atoms with van der Waals surface area (Å²) in [7, 11) is 0. The molecule has 3 heteroatoms. The zero-order chi connectivity index (χ0) is 13.5. The molecule has 0 spiro atoms. The molecule has 19 heavy (non-hydrogen) atoms. The van der Waals surface area contributed by atoms with Crippen LogP contribution in [-0.2, 0) is 6.54 Å². The largest absolute Gasteiger partial charge is 0.494 e. The first-order valence-corrected chi connectivity index (χ1v) is 8.30. The van der Waals surface area contributed by atoms with Crippen molar-refractivity contribution in [2.45, 2.75) is 33.2 Å². The second-order valence-corrected chi connectivity index (χ2v) is 6.02. The summed E-state index contributed by atoms with van der Waals surface area (Å²) < 4.78 is 8.02. The number of nitrogens with zero attached hydrogens (tertiary/aromatic N) is 1. The van der Waals surface area contributed by atoms with E-state index >= 15 is 0 Å². The Kier molecular flexibility index (Phi) is 5.64. The molecule has 0 saturated carbocycles. The Morgan fingerprint density at radius 1 is 1.21 bits per heavy atom. The molecule has 0 bridgehead atoms. The summed E-state index contributed by atoms with van der Waals surface area (Å²) in [5, 5.41) is 1.27. The Morgan fingerprint density at radius 3 is 2.89 bits per heavy atom. The predicted octanol–water partition coefficient (Wildman–Crippen LogP) is 4.57. The van der Waals surface area contributed by atoms with Crippen LogP contribution in [0.5, 0.6) is 5.75 Å². The van der Waals surface area contributed by atoms with Gasteiger partial charge in [0.2, 0.25) is 0 Å². The lowest BCUT2D eigenvalue weighted by Crippen LogP contribution is -1.98. The Morgan fingerprint density at radius 2 is 2.11 bits per heavy atom. The zero-order valence-electron chi connectivity index (χ0n) is 11.9. The van der Waals surface area contributed by atoms with E-state index in [-0.39, 0.29) is 0 Å². The van der Waals surface area contributed by atoms with Gasteiger partial charge in [0.05, 0.1) is 6.61 Å². The minimum absolute atomic E-state index is 0.792. The number of aryl methyl sites for hydroxylation is 1. The van der Waals surface area contributed by atoms with Crippen molar-refractivity contribution in [3.63, 3.8) is 0 Å². The van der Waals surface area contributed by atoms with Crippen molar-refractivity contribution in [2.24, 2.45) is 0 Å². The van der Waals surface area contributed by atoms with Gasteiger partial charge in [-0.15, -0.1) is 0 Å². The lowest BCUT2D eigenvalue weighted by atomic mass is 10.2. The van der Waals surface area contributed by atoms with Gasteiger partial charge in [0, 0.05) is 23.6 Å². The topological polar surface area (TPSA) is 14.2 Å². The van der Waals surface area contributed by atoms with E-state index in [1.54, 1.807) is 0 Å². The third-order valence-electron chi connectivity index (χ3n) is 3.11. The van der Waals surface area contributed by atoms with Gasteiger partial charge in [-0.2, -0.15) is 11.8 Å². The summed E-state index contributed by atoms with van der Waals surface area (Å²) in [5.74, 6) is 3.44. The van der Waals surface area contributed by atoms with Crippen LogP contribution in [0.25, 0.3) is 10.9 Å². The molecule has 2 nitrogen and oxygen atoms in total. The zero-order valence-corrected chi connectivity index (χ0v) is 12.7. The van der Waals surface area contributed by atoms with Crippen LogP contribution in [0.1, 0.15) is 26.7 Å². The molecule has 0 saturated heterocycles. The van der Waals surface area contributed by atoms with E-state index in [2.05, 4.69) is 48.9 Å². The van der Waals surface area contributed by atoms with Crippen LogP contribution in [-0.4, -0.2) is 22.7 Å². The van der Waals surface area contributed by atoms with E-state index in [4.69, 9.17) is 4.74 Å². The summed E-state index contributed by atoms with van der Waals surface area (Å²) in [6, 6.07) is 8.58. The summed E-state index contributed by atoms with van der Waals surface area (Å²) in [6.07, 6.45) is 4.47. The molecule has 0 fully saturated rings. The molecule has 2 aromatic rings. The maximum absolute atomic E-state index is 5.67. The third kappa shape index (κ3) is 3.93. The first-order valence-electron chi connectivity index (χ1n) is 7.14. The summed E-state index contributed by atoms with van der Waals surface area (Å²) >= 11 is 2.01. The van der Waals surface area contributed by atoms with Gasteiger partial charge in [-0.3, -0.25) is 0 Å². The number of fused-ring (bicyclic) bond motifs is 1. The number of benzene rings is 1. The number of hydrogen-bond donors (Lipinski definition) is 0. The highest BCUT2D eigenvalue weighted by Crippen LogP contribution is 2.22. The summed E-state index contributed by atoms with van der Waals surface area (Å²) in [4.78, 5) is 0. The molecule has 0 aliphatic carbocycles. The molecule has 1 aromatic carbocycles. The molecule has 0 atom stereocenters. The van der Waals surface area contributed by atoms with Gasteiger partial charge in [-0.1, -0.05) is 13.8 Å². The van der Waals surface area contributed by atoms with Crippen LogP contribution in [0.3, 0.4) is 0 Å². The molecular weight excluding hydrogens is 254 g/mol. The Bertz CT molecular complexity index is 506. The number of aromatic nitrogens is 1. The molecule has 0 aliphatic rings. The van der Waals surface area contributed by atoms with E-state index < -0.39 is 0 Å². The molecule has 0 unspecified atom stereocenters. The normalized spacial score (nSPS) is 11.1. The first-order chi connectivity index (χ1) is 9.35. The quantitative estimate of drug-likeness (QED) is 0.656. The van der Waals surface area contributed by atoms with Crippen molar-refractivity contribution >= 4 is 22.7 Å². The van der Waals surface area contributed by atoms with Crippen molar-refractivity contribution in [1.82, 2.24) is 4.57 Å². The van der Waals surface area contributed by atoms with Gasteiger partial charge < -0.3 is 9.30 Å². The second kappa shape index (κ2) is 7.49. The van der Waals surface area contributed by atoms with Crippen molar-refractivity contribution < 1.29 is 4.74 Å². The van der Waals surface area contributed by atoms with Crippen molar-refractivity contribution in [3.8, 4) is 5.75 Å². The Labute approximate surface area is 120 Å². The molecule has 104 valence electrons. The monoisotopic (exact) mass is 277 g/mol. The minimum Gasteiger partial charge on any atom is -0.494 e. The van der Waals surface area contributed by atoms with Gasteiger partial charge in [-0.05, 0) is 48.6 Å². The number of thioether (sulfide) groups is 1. The maximum atomic E-state index is 5.67. The van der Waals surface area contributed by atoms with E-state index in [1.807, 2.05) is 11.8 Å². The third-order valence-corrected chi connectivity index (χ3v) is 4.09. The molecule has 0 amide bonds. The highest BCUT2D eigenvalue weighted by atomic mass is 32.2. The van der Waals surface area contributed by atoms with E-state index in [0.29, 0.717) is 0 Å². The van der Waals surface area contributed by atoms with Crippen LogP contribution in [0.4, 0.5) is 0 Å². The predicted molar refractivity (Wildman–Crippen MR) is 85.3 cm³/mol. The number of ether oxygens (including phenoxy) is 1. The average molecular weight is 277 g/mol. The molecular formula is C16H23NOS. The standard InChI is InChI=1S/C16H23NOS/c1-3-11-18-15-6-7-16-14(13-15)8-10-17(16)9-5-12-19-4-2/h6-8,10,13H,3-5,9,11-12H2,1-2H3. The van der Waals surface area contributed by atoms with Gasteiger partial charge >= 0.3 is 0 Å². The number of hydrogen-bond acceptors (Lipinski definition) is 2. The molecule has 0 radical (unpaired) electrons. The smallest absolute Gasteiger partial charge is 0.120 e. The first kappa shape index (κ1) is 14.3. The van der Waals surface area contributed by atoms with E-state index in [9.17, 15) is 0 Å². The van der Waals surface area contributed by atoms with Crippen molar-refractivity contribution in [1.29, 1.82) is 0 Å². The molecule has 0 N–H and O–H groups in total. The molecule has 0 aliphatic heterocycles. The van der Waals surface area contributed by atoms with E-state index in [1.165, 1.54) is 28.8 Å². The van der Waals surface area contributed by atoms with Crippen LogP contribution in [0.2, 0.25) is 0 Å². The van der Waals surface area contributed by atoms with Crippen molar-refractivity contribution in [3.05, 3.63) is 30.5 Å². The maximum Gasteiger partial charge on any atom is 0.120 e. The lowest BCUT2D eigenvalue weighted by Gasteiger charge is -2.07. The highest BCUT2D eigenvalue weighted by Gasteiger charge is 2.02. The molecule has 1 heterocycles. The minimum atomic E-state index is 0.792. The van der Waals surface area contributed by atoms with Crippen LogP contribution < -0.4 is 4.74 Å². The van der Waals surface area contributed by atoms with Gasteiger partial charge in [0.15, 0.2) is 0 Å². The lowest BCUT2D eigenvalue weighted by molar-refractivity contribution is 0.318. The summed E-state index contributed by atoms with van der Waals surface area (Å²) in [6.45, 7) is 6.24. The Hall–Kier alpha value is -1.09. The molecule has 1 aromatic heterocycles. The molecule has 2 rings (SSSR count). The second-order valence-electron chi connectivity index (χ2n) is 4.63. The SMILES string of the molecule is CCCOc1ccc2c(ccn2CCCSCC)c1. The fourth-order valence-electron chi connectivity index (χ4n) is 2.16. The summed E-state index contributed by atoms with van der Waals surface area (Å²) in [5.41, 5.74) is 1.31. The van der Waals surface area contributed by atoms with Crippen LogP contribution in [0, 0.1) is 0 Å². The van der Waals surface area contributed by atoms with Crippen LogP contribution >= 0.6 is 11.8 Å². The van der Waals surface area contributed by atoms with E-state index in [0.717, 1.165) is 25.3 Å². The highest BCUT2D eigenvalue weighted by molar-refractivity contribution is 7.99. The fraction of sp³-hybridized carbons (Fsp3) is 0.500. The number of rotatable bonds is 8. The van der Waals surface area contributed by atoms with Crippen LogP contribution in [0.15, 0.2) is 30.5 Å². The van der Waals surface area contributed by atoms with Crippen molar-refractivity contribution in [2.75, 3.05) is 18.1 Å². The Balaban J connectivity index is 2.02. The van der Waals surface area contributed by atoms with Gasteiger partial charge in [0.25, 0.3) is 0 Å². The average Bonchev–Trinajstić information content (AvgIpc) is 2.84.